The van der Waals surface area contributed by atoms with Crippen molar-refractivity contribution in [3.05, 3.63) is 38.3 Å². The number of hydrogen-bond acceptors (Lipinski definition) is 3. The molecule has 0 unspecified atom stereocenters. The lowest BCUT2D eigenvalue weighted by atomic mass is 10.2. The predicted molar refractivity (Wildman–Crippen MR) is 80.0 cm³/mol. The SMILES string of the molecule is Cc1nn(Cc2ccc(Cl)s2)c(C)c1CNC1CC1. The number of rotatable bonds is 5. The van der Waals surface area contributed by atoms with Gasteiger partial charge in [0.2, 0.25) is 0 Å². The molecule has 1 fully saturated rings. The lowest BCUT2D eigenvalue weighted by Gasteiger charge is -2.05. The Morgan fingerprint density at radius 3 is 2.84 bits per heavy atom. The lowest BCUT2D eigenvalue weighted by Crippen LogP contribution is -2.16. The number of aromatic nitrogens is 2. The van der Waals surface area contributed by atoms with Crippen LogP contribution in [-0.4, -0.2) is 15.8 Å². The second kappa shape index (κ2) is 5.27. The van der Waals surface area contributed by atoms with Crippen LogP contribution in [0.2, 0.25) is 4.34 Å². The molecule has 1 aliphatic rings. The molecular weight excluding hydrogens is 278 g/mol. The summed E-state index contributed by atoms with van der Waals surface area (Å²) in [4.78, 5) is 1.25. The van der Waals surface area contributed by atoms with Gasteiger partial charge in [-0.25, -0.2) is 0 Å². The van der Waals surface area contributed by atoms with E-state index in [1.165, 1.54) is 29.0 Å². The third kappa shape index (κ3) is 3.02. The maximum atomic E-state index is 5.97. The van der Waals surface area contributed by atoms with E-state index in [9.17, 15) is 0 Å². The Morgan fingerprint density at radius 1 is 1.42 bits per heavy atom. The van der Waals surface area contributed by atoms with E-state index in [1.807, 2.05) is 6.07 Å². The van der Waals surface area contributed by atoms with Crippen molar-refractivity contribution in [2.45, 2.75) is 45.8 Å². The zero-order valence-electron chi connectivity index (χ0n) is 11.2. The van der Waals surface area contributed by atoms with E-state index in [-0.39, 0.29) is 0 Å². The third-order valence-electron chi connectivity index (χ3n) is 3.61. The molecule has 1 saturated carbocycles. The van der Waals surface area contributed by atoms with Gasteiger partial charge in [0.15, 0.2) is 0 Å². The molecule has 3 rings (SSSR count). The number of aryl methyl sites for hydroxylation is 1. The van der Waals surface area contributed by atoms with Gasteiger partial charge in [-0.15, -0.1) is 11.3 Å². The fourth-order valence-electron chi connectivity index (χ4n) is 2.26. The van der Waals surface area contributed by atoms with Gasteiger partial charge in [-0.3, -0.25) is 4.68 Å². The second-order valence-corrected chi connectivity index (χ2v) is 6.97. The van der Waals surface area contributed by atoms with Crippen molar-refractivity contribution in [3.8, 4) is 0 Å². The molecule has 1 N–H and O–H groups in total. The molecule has 0 aliphatic heterocycles. The number of hydrogen-bond donors (Lipinski definition) is 1. The molecule has 0 amide bonds. The van der Waals surface area contributed by atoms with Crippen LogP contribution < -0.4 is 5.32 Å². The van der Waals surface area contributed by atoms with Crippen LogP contribution in [0.15, 0.2) is 12.1 Å². The van der Waals surface area contributed by atoms with Crippen LogP contribution in [0.3, 0.4) is 0 Å². The standard InChI is InChI=1S/C14H18ClN3S/c1-9-13(7-16-11-3-4-11)10(2)18(17-9)8-12-5-6-14(15)19-12/h5-6,11,16H,3-4,7-8H2,1-2H3. The molecule has 1 aliphatic carbocycles. The normalized spacial score (nSPS) is 15.1. The Bertz CT molecular complexity index is 584. The Hall–Kier alpha value is -0.840. The van der Waals surface area contributed by atoms with Crippen molar-refractivity contribution in [2.75, 3.05) is 0 Å². The molecule has 2 heterocycles. The first kappa shape index (κ1) is 13.2. The Labute approximate surface area is 122 Å². The summed E-state index contributed by atoms with van der Waals surface area (Å²) in [7, 11) is 0. The first-order valence-electron chi connectivity index (χ1n) is 6.64. The van der Waals surface area contributed by atoms with Gasteiger partial charge in [0.25, 0.3) is 0 Å². The molecule has 3 nitrogen and oxygen atoms in total. The highest BCUT2D eigenvalue weighted by Gasteiger charge is 2.21. The van der Waals surface area contributed by atoms with Crippen LogP contribution in [0.4, 0.5) is 0 Å². The van der Waals surface area contributed by atoms with E-state index < -0.39 is 0 Å². The molecular formula is C14H18ClN3S. The van der Waals surface area contributed by atoms with Crippen molar-refractivity contribution < 1.29 is 0 Å². The first-order chi connectivity index (χ1) is 9.13. The zero-order chi connectivity index (χ0) is 13.4. The number of halogens is 1. The average molecular weight is 296 g/mol. The molecule has 0 saturated heterocycles. The molecule has 0 spiro atoms. The van der Waals surface area contributed by atoms with Gasteiger partial charge in [0.1, 0.15) is 0 Å². The minimum absolute atomic E-state index is 0.734. The highest BCUT2D eigenvalue weighted by Crippen LogP contribution is 2.24. The van der Waals surface area contributed by atoms with Gasteiger partial charge in [-0.1, -0.05) is 11.6 Å². The molecule has 5 heteroatoms. The van der Waals surface area contributed by atoms with Gasteiger partial charge in [-0.2, -0.15) is 5.10 Å². The molecule has 2 aromatic rings. The monoisotopic (exact) mass is 295 g/mol. The van der Waals surface area contributed by atoms with Crippen molar-refractivity contribution in [1.29, 1.82) is 0 Å². The topological polar surface area (TPSA) is 29.9 Å². The molecule has 0 bridgehead atoms. The van der Waals surface area contributed by atoms with E-state index in [0.29, 0.717) is 0 Å². The molecule has 0 aromatic carbocycles. The number of nitrogens with one attached hydrogen (secondary N) is 1. The summed E-state index contributed by atoms with van der Waals surface area (Å²) in [5.74, 6) is 0. The first-order valence-corrected chi connectivity index (χ1v) is 7.83. The summed E-state index contributed by atoms with van der Waals surface area (Å²) in [6.07, 6.45) is 2.64. The van der Waals surface area contributed by atoms with Crippen LogP contribution >= 0.6 is 22.9 Å². The van der Waals surface area contributed by atoms with E-state index in [0.717, 1.165) is 29.2 Å². The van der Waals surface area contributed by atoms with Crippen LogP contribution in [0, 0.1) is 13.8 Å². The van der Waals surface area contributed by atoms with Gasteiger partial charge < -0.3 is 5.32 Å². The van der Waals surface area contributed by atoms with E-state index in [2.05, 4.69) is 35.0 Å². The zero-order valence-corrected chi connectivity index (χ0v) is 12.8. The van der Waals surface area contributed by atoms with E-state index >= 15 is 0 Å². The van der Waals surface area contributed by atoms with Crippen molar-refractivity contribution >= 4 is 22.9 Å². The minimum atomic E-state index is 0.734. The number of nitrogens with zero attached hydrogens (tertiary/aromatic N) is 2. The summed E-state index contributed by atoms with van der Waals surface area (Å²) in [6, 6.07) is 4.76. The van der Waals surface area contributed by atoms with Crippen LogP contribution in [0.25, 0.3) is 0 Å². The fraction of sp³-hybridized carbons (Fsp3) is 0.500. The van der Waals surface area contributed by atoms with Crippen LogP contribution in [0.1, 0.15) is 34.7 Å². The third-order valence-corrected chi connectivity index (χ3v) is 4.83. The Morgan fingerprint density at radius 2 is 2.21 bits per heavy atom. The van der Waals surface area contributed by atoms with Gasteiger partial charge in [0, 0.05) is 28.7 Å². The van der Waals surface area contributed by atoms with Crippen molar-refractivity contribution in [2.24, 2.45) is 0 Å². The van der Waals surface area contributed by atoms with Gasteiger partial charge in [0.05, 0.1) is 16.6 Å². The summed E-state index contributed by atoms with van der Waals surface area (Å²) >= 11 is 7.60. The summed E-state index contributed by atoms with van der Waals surface area (Å²) in [6.45, 7) is 5.99. The number of thiophene rings is 1. The highest BCUT2D eigenvalue weighted by atomic mass is 35.5. The quantitative estimate of drug-likeness (QED) is 0.915. The smallest absolute Gasteiger partial charge is 0.0931 e. The average Bonchev–Trinajstić information content (AvgIpc) is 3.05. The minimum Gasteiger partial charge on any atom is -0.310 e. The van der Waals surface area contributed by atoms with Crippen LogP contribution in [-0.2, 0) is 13.1 Å². The Kier molecular flexibility index (Phi) is 3.65. The molecule has 2 aromatic heterocycles. The lowest BCUT2D eigenvalue weighted by molar-refractivity contribution is 0.657. The van der Waals surface area contributed by atoms with Crippen LogP contribution in [0.5, 0.6) is 0 Å². The molecule has 102 valence electrons. The molecule has 0 atom stereocenters. The van der Waals surface area contributed by atoms with Crippen molar-refractivity contribution in [3.63, 3.8) is 0 Å². The summed E-state index contributed by atoms with van der Waals surface area (Å²) in [5.41, 5.74) is 3.73. The Balaban J connectivity index is 1.75. The van der Waals surface area contributed by atoms with Gasteiger partial charge in [-0.05, 0) is 38.8 Å². The predicted octanol–water partition coefficient (Wildman–Crippen LogP) is 3.52. The highest BCUT2D eigenvalue weighted by molar-refractivity contribution is 7.16. The second-order valence-electron chi connectivity index (χ2n) is 5.17. The van der Waals surface area contributed by atoms with E-state index in [1.54, 1.807) is 11.3 Å². The fourth-order valence-corrected chi connectivity index (χ4v) is 3.33. The molecule has 0 radical (unpaired) electrons. The maximum Gasteiger partial charge on any atom is 0.0931 e. The summed E-state index contributed by atoms with van der Waals surface area (Å²) < 4.78 is 2.92. The molecule has 19 heavy (non-hydrogen) atoms. The van der Waals surface area contributed by atoms with Gasteiger partial charge >= 0.3 is 0 Å². The summed E-state index contributed by atoms with van der Waals surface area (Å²) in [5, 5.41) is 8.22. The maximum absolute atomic E-state index is 5.97. The largest absolute Gasteiger partial charge is 0.310 e. The van der Waals surface area contributed by atoms with Crippen molar-refractivity contribution in [1.82, 2.24) is 15.1 Å². The van der Waals surface area contributed by atoms with E-state index in [4.69, 9.17) is 11.6 Å².